The lowest BCUT2D eigenvalue weighted by atomic mass is 9.79. The van der Waals surface area contributed by atoms with Crippen molar-refractivity contribution >= 4 is 0 Å². The van der Waals surface area contributed by atoms with Gasteiger partial charge in [0, 0.05) is 37.3 Å². The van der Waals surface area contributed by atoms with Crippen LogP contribution in [-0.4, -0.2) is 30.0 Å². The van der Waals surface area contributed by atoms with E-state index in [0.717, 1.165) is 36.3 Å². The first-order valence-corrected chi connectivity index (χ1v) is 15.4. The number of nitrogens with zero attached hydrogens (tertiary/aromatic N) is 6. The van der Waals surface area contributed by atoms with E-state index in [9.17, 15) is 0 Å². The molecular weight excluding hydrogens is 492 g/mol. The Labute approximate surface area is 240 Å². The fourth-order valence-corrected chi connectivity index (χ4v) is 6.68. The maximum absolute atomic E-state index is 4.58. The zero-order valence-electron chi connectivity index (χ0n) is 24.7. The highest BCUT2D eigenvalue weighted by atomic mass is 15.4. The van der Waals surface area contributed by atoms with E-state index in [1.807, 2.05) is 0 Å². The standard InChI is InChI=1S/C34H46N6/c1-25(2)33(29-11-7-5-8-12-29)31-23-39(37-35-31)21-19-27-15-17-28(18-16-27)20-22-40-24-32(36-38-40)34(26(3)4)30-13-9-6-10-14-30/h5-14,23-28,33-34H,15-22H2,1-4H3. The van der Waals surface area contributed by atoms with Crippen molar-refractivity contribution in [3.05, 3.63) is 95.6 Å². The Morgan fingerprint density at radius 1 is 0.600 bits per heavy atom. The van der Waals surface area contributed by atoms with Crippen molar-refractivity contribution in [2.24, 2.45) is 23.7 Å². The van der Waals surface area contributed by atoms with Gasteiger partial charge >= 0.3 is 0 Å². The van der Waals surface area contributed by atoms with Crippen molar-refractivity contribution in [2.45, 2.75) is 91.1 Å². The molecule has 2 heterocycles. The highest BCUT2D eigenvalue weighted by molar-refractivity contribution is 5.28. The molecule has 6 heteroatoms. The van der Waals surface area contributed by atoms with Gasteiger partial charge in [0.05, 0.1) is 11.4 Å². The van der Waals surface area contributed by atoms with Gasteiger partial charge in [0.25, 0.3) is 0 Å². The van der Waals surface area contributed by atoms with Crippen LogP contribution in [-0.2, 0) is 13.1 Å². The summed E-state index contributed by atoms with van der Waals surface area (Å²) in [4.78, 5) is 0. The average Bonchev–Trinajstić information content (AvgIpc) is 3.62. The Hall–Kier alpha value is -3.28. The minimum absolute atomic E-state index is 0.293. The van der Waals surface area contributed by atoms with Crippen LogP contribution in [0.3, 0.4) is 0 Å². The van der Waals surface area contributed by atoms with E-state index in [2.05, 4.69) is 131 Å². The molecule has 5 rings (SSSR count). The van der Waals surface area contributed by atoms with E-state index in [-0.39, 0.29) is 0 Å². The first-order chi connectivity index (χ1) is 19.5. The van der Waals surface area contributed by atoms with Crippen LogP contribution in [0.15, 0.2) is 73.1 Å². The molecule has 2 atom stereocenters. The fraction of sp³-hybridized carbons (Fsp3) is 0.529. The second kappa shape index (κ2) is 13.4. The van der Waals surface area contributed by atoms with Crippen LogP contribution in [0.2, 0.25) is 0 Å². The molecule has 1 saturated carbocycles. The predicted molar refractivity (Wildman–Crippen MR) is 161 cm³/mol. The molecule has 40 heavy (non-hydrogen) atoms. The van der Waals surface area contributed by atoms with Gasteiger partial charge in [0.1, 0.15) is 0 Å². The SMILES string of the molecule is CC(C)C(c1ccccc1)c1cn(CCC2CCC(CCn3cc(C(c4ccccc4)C(C)C)nn3)CC2)nn1. The van der Waals surface area contributed by atoms with Gasteiger partial charge in [0.2, 0.25) is 0 Å². The summed E-state index contributed by atoms with van der Waals surface area (Å²) in [6.45, 7) is 11.0. The van der Waals surface area contributed by atoms with Gasteiger partial charge in [-0.3, -0.25) is 9.36 Å². The number of aryl methyl sites for hydroxylation is 2. The highest BCUT2D eigenvalue weighted by Gasteiger charge is 2.24. The molecule has 0 aliphatic heterocycles. The molecule has 0 radical (unpaired) electrons. The summed E-state index contributed by atoms with van der Waals surface area (Å²) < 4.78 is 4.14. The third-order valence-electron chi connectivity index (χ3n) is 8.90. The highest BCUT2D eigenvalue weighted by Crippen LogP contribution is 2.34. The maximum atomic E-state index is 4.58. The van der Waals surface area contributed by atoms with Gasteiger partial charge in [-0.1, -0.05) is 124 Å². The van der Waals surface area contributed by atoms with Crippen molar-refractivity contribution in [3.8, 4) is 0 Å². The van der Waals surface area contributed by atoms with Gasteiger partial charge < -0.3 is 0 Å². The Morgan fingerprint density at radius 3 is 1.32 bits per heavy atom. The number of rotatable bonds is 12. The van der Waals surface area contributed by atoms with Crippen LogP contribution in [0.5, 0.6) is 0 Å². The number of aromatic nitrogens is 6. The molecule has 0 spiro atoms. The monoisotopic (exact) mass is 538 g/mol. The molecule has 1 aliphatic rings. The first-order valence-electron chi connectivity index (χ1n) is 15.4. The maximum Gasteiger partial charge on any atom is 0.0904 e. The zero-order chi connectivity index (χ0) is 27.9. The van der Waals surface area contributed by atoms with E-state index < -0.39 is 0 Å². The van der Waals surface area contributed by atoms with Crippen LogP contribution in [0.25, 0.3) is 0 Å². The third-order valence-corrected chi connectivity index (χ3v) is 8.90. The molecule has 2 unspecified atom stereocenters. The minimum Gasteiger partial charge on any atom is -0.252 e. The van der Waals surface area contributed by atoms with Crippen LogP contribution in [0.1, 0.15) is 101 Å². The van der Waals surface area contributed by atoms with Crippen molar-refractivity contribution in [1.82, 2.24) is 30.0 Å². The Morgan fingerprint density at radius 2 is 0.975 bits per heavy atom. The van der Waals surface area contributed by atoms with Crippen molar-refractivity contribution in [2.75, 3.05) is 0 Å². The van der Waals surface area contributed by atoms with Crippen molar-refractivity contribution in [3.63, 3.8) is 0 Å². The molecule has 4 aromatic rings. The van der Waals surface area contributed by atoms with E-state index in [0.29, 0.717) is 23.7 Å². The van der Waals surface area contributed by atoms with E-state index >= 15 is 0 Å². The molecular formula is C34H46N6. The topological polar surface area (TPSA) is 61.4 Å². The van der Waals surface area contributed by atoms with Gasteiger partial charge in [-0.25, -0.2) is 0 Å². The Bertz CT molecular complexity index is 1180. The van der Waals surface area contributed by atoms with E-state index in [1.165, 1.54) is 49.7 Å². The molecule has 0 amide bonds. The lowest BCUT2D eigenvalue weighted by Crippen LogP contribution is -2.18. The van der Waals surface area contributed by atoms with Gasteiger partial charge in [0.15, 0.2) is 0 Å². The zero-order valence-corrected chi connectivity index (χ0v) is 24.7. The van der Waals surface area contributed by atoms with Crippen LogP contribution in [0.4, 0.5) is 0 Å². The van der Waals surface area contributed by atoms with Crippen molar-refractivity contribution in [1.29, 1.82) is 0 Å². The smallest absolute Gasteiger partial charge is 0.0904 e. The predicted octanol–water partition coefficient (Wildman–Crippen LogP) is 7.73. The Balaban J connectivity index is 1.07. The van der Waals surface area contributed by atoms with E-state index in [4.69, 9.17) is 0 Å². The fourth-order valence-electron chi connectivity index (χ4n) is 6.68. The van der Waals surface area contributed by atoms with Gasteiger partial charge in [-0.15, -0.1) is 10.2 Å². The molecule has 6 nitrogen and oxygen atoms in total. The summed E-state index contributed by atoms with van der Waals surface area (Å²) in [5.41, 5.74) is 4.82. The molecule has 1 fully saturated rings. The Kier molecular flexibility index (Phi) is 9.45. The molecule has 1 aliphatic carbocycles. The third kappa shape index (κ3) is 7.07. The minimum atomic E-state index is 0.293. The first kappa shape index (κ1) is 28.3. The number of benzene rings is 2. The summed E-state index contributed by atoms with van der Waals surface area (Å²) in [5, 5.41) is 18.2. The molecule has 2 aromatic heterocycles. The molecule has 2 aromatic carbocycles. The van der Waals surface area contributed by atoms with Gasteiger partial charge in [-0.2, -0.15) is 0 Å². The van der Waals surface area contributed by atoms with Crippen LogP contribution < -0.4 is 0 Å². The molecule has 0 N–H and O–H groups in total. The number of hydrogen-bond donors (Lipinski definition) is 0. The summed E-state index contributed by atoms with van der Waals surface area (Å²) in [6.07, 6.45) is 12.0. The number of hydrogen-bond acceptors (Lipinski definition) is 4. The van der Waals surface area contributed by atoms with Crippen LogP contribution >= 0.6 is 0 Å². The summed E-state index contributed by atoms with van der Waals surface area (Å²) >= 11 is 0. The normalized spacial score (nSPS) is 19.2. The summed E-state index contributed by atoms with van der Waals surface area (Å²) in [5.74, 6) is 3.12. The van der Waals surface area contributed by atoms with Crippen LogP contribution in [0, 0.1) is 23.7 Å². The lowest BCUT2D eigenvalue weighted by Gasteiger charge is -2.28. The van der Waals surface area contributed by atoms with E-state index in [1.54, 1.807) is 0 Å². The average molecular weight is 539 g/mol. The second-order valence-electron chi connectivity index (χ2n) is 12.5. The lowest BCUT2D eigenvalue weighted by molar-refractivity contribution is 0.235. The largest absolute Gasteiger partial charge is 0.252 e. The quantitative estimate of drug-likeness (QED) is 0.185. The second-order valence-corrected chi connectivity index (χ2v) is 12.5. The van der Waals surface area contributed by atoms with Gasteiger partial charge in [-0.05, 0) is 47.6 Å². The van der Waals surface area contributed by atoms with Crippen molar-refractivity contribution < 1.29 is 0 Å². The molecule has 0 saturated heterocycles. The molecule has 212 valence electrons. The molecule has 0 bridgehead atoms. The summed E-state index contributed by atoms with van der Waals surface area (Å²) in [7, 11) is 0. The summed E-state index contributed by atoms with van der Waals surface area (Å²) in [6, 6.07) is 21.4.